The topological polar surface area (TPSA) is 101 Å². The van der Waals surface area contributed by atoms with Gasteiger partial charge in [-0.2, -0.15) is 0 Å². The van der Waals surface area contributed by atoms with E-state index in [1.807, 2.05) is 19.2 Å². The van der Waals surface area contributed by atoms with Crippen molar-refractivity contribution in [3.63, 3.8) is 0 Å². The van der Waals surface area contributed by atoms with Crippen molar-refractivity contribution in [2.45, 2.75) is 32.2 Å². The molecular formula is C19H20N6O2. The van der Waals surface area contributed by atoms with Crippen molar-refractivity contribution in [1.29, 1.82) is 0 Å². The van der Waals surface area contributed by atoms with Crippen molar-refractivity contribution in [3.05, 3.63) is 64.4 Å². The Kier molecular flexibility index (Phi) is 4.53. The molecule has 1 aliphatic heterocycles. The van der Waals surface area contributed by atoms with Crippen LogP contribution in [0.5, 0.6) is 0 Å². The van der Waals surface area contributed by atoms with Crippen LogP contribution in [0.25, 0.3) is 11.4 Å². The molecular weight excluding hydrogens is 344 g/mol. The highest BCUT2D eigenvalue weighted by Crippen LogP contribution is 2.33. The average Bonchev–Trinajstić information content (AvgIpc) is 3.22. The highest BCUT2D eigenvalue weighted by molar-refractivity contribution is 5.61. The lowest BCUT2D eigenvalue weighted by atomic mass is 10.0. The molecule has 0 unspecified atom stereocenters. The zero-order valence-corrected chi connectivity index (χ0v) is 15.0. The molecule has 0 aliphatic carbocycles. The molecule has 1 aromatic carbocycles. The number of nitrogens with one attached hydrogen (secondary N) is 1. The third kappa shape index (κ3) is 3.51. The molecule has 1 atom stereocenters. The monoisotopic (exact) mass is 364 g/mol. The number of imidazole rings is 1. The first kappa shape index (κ1) is 17.1. The molecule has 0 amide bonds. The van der Waals surface area contributed by atoms with Gasteiger partial charge in [0, 0.05) is 48.4 Å². The third-order valence-electron chi connectivity index (χ3n) is 4.79. The summed E-state index contributed by atoms with van der Waals surface area (Å²) in [4.78, 5) is 29.8. The van der Waals surface area contributed by atoms with E-state index in [1.54, 1.807) is 18.3 Å². The number of piperidine rings is 1. The Balaban J connectivity index is 1.74. The van der Waals surface area contributed by atoms with Crippen LogP contribution in [0.4, 0.5) is 11.5 Å². The van der Waals surface area contributed by atoms with E-state index in [4.69, 9.17) is 4.98 Å². The fourth-order valence-corrected chi connectivity index (χ4v) is 3.54. The van der Waals surface area contributed by atoms with Crippen molar-refractivity contribution in [3.8, 4) is 11.4 Å². The summed E-state index contributed by atoms with van der Waals surface area (Å²) in [5.74, 6) is 2.26. The minimum atomic E-state index is -0.405. The Labute approximate surface area is 156 Å². The second kappa shape index (κ2) is 7.14. The van der Waals surface area contributed by atoms with Gasteiger partial charge >= 0.3 is 0 Å². The second-order valence-corrected chi connectivity index (χ2v) is 6.68. The van der Waals surface area contributed by atoms with E-state index in [2.05, 4.69) is 19.9 Å². The van der Waals surface area contributed by atoms with Gasteiger partial charge in [-0.05, 0) is 26.2 Å². The number of aryl methyl sites for hydroxylation is 1. The molecule has 3 heterocycles. The van der Waals surface area contributed by atoms with Gasteiger partial charge in [-0.1, -0.05) is 12.1 Å². The number of hydrogen-bond acceptors (Lipinski definition) is 6. The van der Waals surface area contributed by atoms with Crippen LogP contribution in [0.1, 0.15) is 36.8 Å². The highest BCUT2D eigenvalue weighted by Gasteiger charge is 2.27. The molecule has 138 valence electrons. The van der Waals surface area contributed by atoms with E-state index < -0.39 is 4.92 Å². The van der Waals surface area contributed by atoms with E-state index >= 15 is 0 Å². The lowest BCUT2D eigenvalue weighted by Gasteiger charge is -2.35. The first-order chi connectivity index (χ1) is 13.1. The molecule has 0 radical (unpaired) electrons. The summed E-state index contributed by atoms with van der Waals surface area (Å²) in [6, 6.07) is 8.54. The predicted octanol–water partition coefficient (Wildman–Crippen LogP) is 3.81. The van der Waals surface area contributed by atoms with E-state index in [0.29, 0.717) is 11.4 Å². The maximum atomic E-state index is 11.1. The molecule has 1 N–H and O–H groups in total. The molecule has 27 heavy (non-hydrogen) atoms. The van der Waals surface area contributed by atoms with Crippen LogP contribution in [-0.2, 0) is 0 Å². The van der Waals surface area contributed by atoms with E-state index in [1.165, 1.54) is 12.1 Å². The van der Waals surface area contributed by atoms with Gasteiger partial charge in [0.15, 0.2) is 5.82 Å². The van der Waals surface area contributed by atoms with Gasteiger partial charge in [-0.15, -0.1) is 0 Å². The fraction of sp³-hybridized carbons (Fsp3) is 0.316. The van der Waals surface area contributed by atoms with Gasteiger partial charge in [-0.25, -0.2) is 15.0 Å². The summed E-state index contributed by atoms with van der Waals surface area (Å²) in [6.45, 7) is 2.80. The van der Waals surface area contributed by atoms with Crippen molar-refractivity contribution in [2.24, 2.45) is 0 Å². The van der Waals surface area contributed by atoms with Crippen LogP contribution >= 0.6 is 0 Å². The summed E-state index contributed by atoms with van der Waals surface area (Å²) in [7, 11) is 0. The molecule has 1 saturated heterocycles. The lowest BCUT2D eigenvalue weighted by molar-refractivity contribution is -0.384. The predicted molar refractivity (Wildman–Crippen MR) is 101 cm³/mol. The molecule has 8 heteroatoms. The molecule has 1 fully saturated rings. The number of H-pyrrole nitrogens is 1. The molecule has 0 bridgehead atoms. The van der Waals surface area contributed by atoms with Gasteiger partial charge < -0.3 is 9.88 Å². The Morgan fingerprint density at radius 2 is 2.15 bits per heavy atom. The van der Waals surface area contributed by atoms with Gasteiger partial charge in [-0.3, -0.25) is 10.1 Å². The Morgan fingerprint density at radius 3 is 2.93 bits per heavy atom. The van der Waals surface area contributed by atoms with Crippen molar-refractivity contribution in [1.82, 2.24) is 19.9 Å². The summed E-state index contributed by atoms with van der Waals surface area (Å²) < 4.78 is 0. The number of rotatable bonds is 4. The minimum Gasteiger partial charge on any atom is -0.347 e. The minimum absolute atomic E-state index is 0.0330. The number of anilines is 1. The van der Waals surface area contributed by atoms with Crippen LogP contribution in [0.15, 0.2) is 42.7 Å². The first-order valence-electron chi connectivity index (χ1n) is 8.98. The summed E-state index contributed by atoms with van der Waals surface area (Å²) in [6.07, 6.45) is 6.84. The maximum Gasteiger partial charge on any atom is 0.270 e. The van der Waals surface area contributed by atoms with Crippen molar-refractivity contribution < 1.29 is 4.92 Å². The van der Waals surface area contributed by atoms with E-state index in [0.717, 1.165) is 43.1 Å². The molecule has 4 rings (SSSR count). The van der Waals surface area contributed by atoms with Gasteiger partial charge in [0.25, 0.3) is 5.69 Å². The molecule has 3 aromatic rings. The van der Waals surface area contributed by atoms with Crippen LogP contribution in [-0.4, -0.2) is 31.4 Å². The number of aromatic amines is 1. The maximum absolute atomic E-state index is 11.1. The lowest BCUT2D eigenvalue weighted by Crippen LogP contribution is -2.34. The zero-order chi connectivity index (χ0) is 18.8. The Morgan fingerprint density at radius 1 is 1.26 bits per heavy atom. The van der Waals surface area contributed by atoms with Crippen LogP contribution < -0.4 is 4.90 Å². The number of nitro groups is 1. The standard InChI is InChI=1S/C19H20N6O2/c1-13-11-17(24-10-3-2-7-16(24)19-20-8-9-21-19)23-18(22-13)14-5-4-6-15(12-14)25(26)27/h4-6,8-9,11-12,16H,2-3,7,10H2,1H3,(H,20,21)/t16-/m1/s1. The molecule has 0 saturated carbocycles. The Bertz CT molecular complexity index is 957. The van der Waals surface area contributed by atoms with Crippen LogP contribution in [0.2, 0.25) is 0 Å². The summed E-state index contributed by atoms with van der Waals surface area (Å²) >= 11 is 0. The second-order valence-electron chi connectivity index (χ2n) is 6.68. The molecule has 2 aromatic heterocycles. The van der Waals surface area contributed by atoms with Gasteiger partial charge in [0.05, 0.1) is 11.0 Å². The first-order valence-corrected chi connectivity index (χ1v) is 8.98. The largest absolute Gasteiger partial charge is 0.347 e. The van der Waals surface area contributed by atoms with E-state index in [-0.39, 0.29) is 11.7 Å². The molecule has 1 aliphatic rings. The summed E-state index contributed by atoms with van der Waals surface area (Å²) in [5.41, 5.74) is 1.50. The third-order valence-corrected chi connectivity index (χ3v) is 4.79. The number of hydrogen-bond donors (Lipinski definition) is 1. The van der Waals surface area contributed by atoms with Gasteiger partial charge in [0.1, 0.15) is 11.6 Å². The number of nitro benzene ring substituents is 1. The van der Waals surface area contributed by atoms with Crippen molar-refractivity contribution in [2.75, 3.05) is 11.4 Å². The molecule has 8 nitrogen and oxygen atoms in total. The fourth-order valence-electron chi connectivity index (χ4n) is 3.54. The normalized spacial score (nSPS) is 17.1. The summed E-state index contributed by atoms with van der Waals surface area (Å²) in [5, 5.41) is 11.1. The van der Waals surface area contributed by atoms with Crippen LogP contribution in [0.3, 0.4) is 0 Å². The van der Waals surface area contributed by atoms with E-state index in [9.17, 15) is 10.1 Å². The average molecular weight is 364 g/mol. The highest BCUT2D eigenvalue weighted by atomic mass is 16.6. The number of benzene rings is 1. The number of aromatic nitrogens is 4. The van der Waals surface area contributed by atoms with Crippen molar-refractivity contribution >= 4 is 11.5 Å². The molecule has 0 spiro atoms. The van der Waals surface area contributed by atoms with Gasteiger partial charge in [0.2, 0.25) is 0 Å². The SMILES string of the molecule is Cc1cc(N2CCCC[C@@H]2c2ncc[nH]2)nc(-c2cccc([N+](=O)[O-])c2)n1. The Hall–Kier alpha value is -3.29. The number of non-ortho nitro benzene ring substituents is 1. The zero-order valence-electron chi connectivity index (χ0n) is 15.0. The quantitative estimate of drug-likeness (QED) is 0.558. The smallest absolute Gasteiger partial charge is 0.270 e. The van der Waals surface area contributed by atoms with Crippen LogP contribution in [0, 0.1) is 17.0 Å². The number of nitrogens with zero attached hydrogens (tertiary/aromatic N) is 5.